The van der Waals surface area contributed by atoms with Crippen LogP contribution in [0.3, 0.4) is 0 Å². The van der Waals surface area contributed by atoms with Gasteiger partial charge in [-0.2, -0.15) is 0 Å². The van der Waals surface area contributed by atoms with E-state index in [1.54, 1.807) is 31.2 Å². The number of ether oxygens (including phenoxy) is 2. The van der Waals surface area contributed by atoms with E-state index in [9.17, 15) is 9.59 Å². The molecule has 0 saturated carbocycles. The zero-order chi connectivity index (χ0) is 16.7. The second-order valence-electron chi connectivity index (χ2n) is 4.59. The molecule has 7 heteroatoms. The quantitative estimate of drug-likeness (QED) is 0.793. The molecule has 1 heterocycles. The lowest BCUT2D eigenvalue weighted by atomic mass is 10.2. The molecule has 1 aromatic heterocycles. The maximum absolute atomic E-state index is 11.8. The molecule has 0 aliphatic carbocycles. The third-order valence-electron chi connectivity index (χ3n) is 2.92. The van der Waals surface area contributed by atoms with Gasteiger partial charge in [0.1, 0.15) is 17.3 Å². The van der Waals surface area contributed by atoms with Gasteiger partial charge in [-0.25, -0.2) is 0 Å². The minimum Gasteiger partial charge on any atom is -0.494 e. The van der Waals surface area contributed by atoms with Crippen LogP contribution in [0.4, 0.5) is 0 Å². The molecule has 0 aliphatic rings. The Labute approximate surface area is 133 Å². The third kappa shape index (κ3) is 4.77. The maximum atomic E-state index is 11.8. The second-order valence-corrected chi connectivity index (χ2v) is 4.59. The summed E-state index contributed by atoms with van der Waals surface area (Å²) in [6.45, 7) is 3.91. The topological polar surface area (TPSA) is 89.8 Å². The molecule has 0 spiro atoms. The van der Waals surface area contributed by atoms with E-state index in [2.05, 4.69) is 10.9 Å². The highest BCUT2D eigenvalue weighted by molar-refractivity contribution is 5.96. The lowest BCUT2D eigenvalue weighted by Crippen LogP contribution is -2.43. The van der Waals surface area contributed by atoms with Crippen LogP contribution in [-0.4, -0.2) is 25.0 Å². The van der Waals surface area contributed by atoms with E-state index in [1.807, 2.05) is 6.92 Å². The van der Waals surface area contributed by atoms with Crippen molar-refractivity contribution in [1.82, 2.24) is 10.9 Å². The number of carbonyl (C=O) groups excluding carboxylic acids is 2. The van der Waals surface area contributed by atoms with Crippen LogP contribution in [0.1, 0.15) is 23.0 Å². The van der Waals surface area contributed by atoms with Crippen molar-refractivity contribution in [1.29, 1.82) is 0 Å². The van der Waals surface area contributed by atoms with E-state index >= 15 is 0 Å². The molecular weight excluding hydrogens is 300 g/mol. The van der Waals surface area contributed by atoms with Crippen molar-refractivity contribution in [2.75, 3.05) is 13.2 Å². The van der Waals surface area contributed by atoms with Crippen LogP contribution in [-0.2, 0) is 4.79 Å². The van der Waals surface area contributed by atoms with Gasteiger partial charge in [0.2, 0.25) is 0 Å². The Morgan fingerprint density at radius 1 is 1.04 bits per heavy atom. The summed E-state index contributed by atoms with van der Waals surface area (Å²) in [6.07, 6.45) is 1.40. The molecule has 0 fully saturated rings. The van der Waals surface area contributed by atoms with Gasteiger partial charge in [-0.3, -0.25) is 20.4 Å². The molecule has 1 aromatic carbocycles. The number of carbonyl (C=O) groups is 2. The standard InChI is InChI=1S/C16H18N2O5/c1-3-21-12-4-6-13(7-5-12)23-10-15(19)17-18-16(20)14-8-9-22-11(14)2/h4-9H,3,10H2,1-2H3,(H,17,19)(H,18,20). The van der Waals surface area contributed by atoms with Gasteiger partial charge in [-0.1, -0.05) is 0 Å². The molecule has 0 radical (unpaired) electrons. The van der Waals surface area contributed by atoms with Crippen LogP contribution in [0.25, 0.3) is 0 Å². The molecule has 7 nitrogen and oxygen atoms in total. The first-order chi connectivity index (χ1) is 11.1. The molecule has 2 N–H and O–H groups in total. The zero-order valence-corrected chi connectivity index (χ0v) is 12.9. The Kier molecular flexibility index (Phi) is 5.62. The maximum Gasteiger partial charge on any atom is 0.276 e. The van der Waals surface area contributed by atoms with Crippen molar-refractivity contribution < 1.29 is 23.5 Å². The summed E-state index contributed by atoms with van der Waals surface area (Å²) in [4.78, 5) is 23.4. The van der Waals surface area contributed by atoms with Crippen molar-refractivity contribution in [3.63, 3.8) is 0 Å². The number of hydrogen-bond acceptors (Lipinski definition) is 5. The number of aryl methyl sites for hydroxylation is 1. The third-order valence-corrected chi connectivity index (χ3v) is 2.92. The summed E-state index contributed by atoms with van der Waals surface area (Å²) >= 11 is 0. The average molecular weight is 318 g/mol. The SMILES string of the molecule is CCOc1ccc(OCC(=O)NNC(=O)c2ccoc2C)cc1. The van der Waals surface area contributed by atoms with E-state index in [0.717, 1.165) is 5.75 Å². The number of furan rings is 1. The molecule has 0 saturated heterocycles. The van der Waals surface area contributed by atoms with Gasteiger partial charge in [0.25, 0.3) is 11.8 Å². The summed E-state index contributed by atoms with van der Waals surface area (Å²) in [5.74, 6) is 0.800. The predicted molar refractivity (Wildman–Crippen MR) is 82.2 cm³/mol. The van der Waals surface area contributed by atoms with E-state index in [-0.39, 0.29) is 6.61 Å². The van der Waals surface area contributed by atoms with E-state index < -0.39 is 11.8 Å². The highest BCUT2D eigenvalue weighted by Crippen LogP contribution is 2.17. The summed E-state index contributed by atoms with van der Waals surface area (Å²) in [6, 6.07) is 8.42. The van der Waals surface area contributed by atoms with Crippen molar-refractivity contribution in [2.24, 2.45) is 0 Å². The average Bonchev–Trinajstić information content (AvgIpc) is 2.98. The molecule has 0 bridgehead atoms. The van der Waals surface area contributed by atoms with Gasteiger partial charge in [-0.15, -0.1) is 0 Å². The van der Waals surface area contributed by atoms with Gasteiger partial charge >= 0.3 is 0 Å². The first-order valence-electron chi connectivity index (χ1n) is 7.09. The van der Waals surface area contributed by atoms with Crippen molar-refractivity contribution in [2.45, 2.75) is 13.8 Å². The Balaban J connectivity index is 1.74. The molecule has 23 heavy (non-hydrogen) atoms. The second kappa shape index (κ2) is 7.88. The Morgan fingerprint density at radius 3 is 2.26 bits per heavy atom. The largest absolute Gasteiger partial charge is 0.494 e. The Bertz CT molecular complexity index is 663. The Morgan fingerprint density at radius 2 is 1.70 bits per heavy atom. The normalized spacial score (nSPS) is 10.0. The molecule has 122 valence electrons. The molecular formula is C16H18N2O5. The minimum absolute atomic E-state index is 0.224. The first-order valence-corrected chi connectivity index (χ1v) is 7.09. The summed E-state index contributed by atoms with van der Waals surface area (Å²) in [5.41, 5.74) is 4.92. The van der Waals surface area contributed by atoms with E-state index in [0.29, 0.717) is 23.7 Å². The van der Waals surface area contributed by atoms with Crippen LogP contribution in [0.2, 0.25) is 0 Å². The van der Waals surface area contributed by atoms with Crippen molar-refractivity contribution in [3.05, 3.63) is 47.9 Å². The van der Waals surface area contributed by atoms with E-state index in [4.69, 9.17) is 13.9 Å². The zero-order valence-electron chi connectivity index (χ0n) is 12.9. The monoisotopic (exact) mass is 318 g/mol. The van der Waals surface area contributed by atoms with Crippen LogP contribution >= 0.6 is 0 Å². The first kappa shape index (κ1) is 16.4. The van der Waals surface area contributed by atoms with Crippen molar-refractivity contribution >= 4 is 11.8 Å². The summed E-state index contributed by atoms with van der Waals surface area (Å²) < 4.78 is 15.6. The van der Waals surface area contributed by atoms with Gasteiger partial charge in [0.05, 0.1) is 18.4 Å². The molecule has 2 amide bonds. The summed E-state index contributed by atoms with van der Waals surface area (Å²) in [7, 11) is 0. The molecule has 2 rings (SSSR count). The van der Waals surface area contributed by atoms with Crippen LogP contribution in [0, 0.1) is 6.92 Å². The predicted octanol–water partition coefficient (Wildman–Crippen LogP) is 1.83. The van der Waals surface area contributed by atoms with Gasteiger partial charge in [0, 0.05) is 0 Å². The number of benzene rings is 1. The molecule has 0 aliphatic heterocycles. The van der Waals surface area contributed by atoms with Gasteiger partial charge < -0.3 is 13.9 Å². The Hall–Kier alpha value is -2.96. The number of nitrogens with one attached hydrogen (secondary N) is 2. The fraction of sp³-hybridized carbons (Fsp3) is 0.250. The fourth-order valence-corrected chi connectivity index (χ4v) is 1.80. The smallest absolute Gasteiger partial charge is 0.276 e. The number of hydrogen-bond donors (Lipinski definition) is 2. The van der Waals surface area contributed by atoms with Crippen LogP contribution in [0.5, 0.6) is 11.5 Å². The number of rotatable bonds is 6. The number of hydrazine groups is 1. The minimum atomic E-state index is -0.478. The number of amides is 2. The van der Waals surface area contributed by atoms with Gasteiger partial charge in [0.15, 0.2) is 6.61 Å². The summed E-state index contributed by atoms with van der Waals surface area (Å²) in [5, 5.41) is 0. The van der Waals surface area contributed by atoms with Gasteiger partial charge in [-0.05, 0) is 44.2 Å². The fourth-order valence-electron chi connectivity index (χ4n) is 1.80. The van der Waals surface area contributed by atoms with Crippen LogP contribution < -0.4 is 20.3 Å². The molecule has 0 atom stereocenters. The molecule has 2 aromatic rings. The van der Waals surface area contributed by atoms with Crippen molar-refractivity contribution in [3.8, 4) is 11.5 Å². The lowest BCUT2D eigenvalue weighted by molar-refractivity contribution is -0.123. The molecule has 0 unspecified atom stereocenters. The van der Waals surface area contributed by atoms with Crippen LogP contribution in [0.15, 0.2) is 41.0 Å². The van der Waals surface area contributed by atoms with E-state index in [1.165, 1.54) is 12.3 Å². The highest BCUT2D eigenvalue weighted by Gasteiger charge is 2.12. The lowest BCUT2D eigenvalue weighted by Gasteiger charge is -2.09. The highest BCUT2D eigenvalue weighted by atomic mass is 16.5.